The zero-order valence-corrected chi connectivity index (χ0v) is 15.3. The van der Waals surface area contributed by atoms with Gasteiger partial charge in [-0.25, -0.2) is 13.1 Å². The molecule has 1 aliphatic heterocycles. The van der Waals surface area contributed by atoms with Crippen LogP contribution in [0.25, 0.3) is 0 Å². The van der Waals surface area contributed by atoms with E-state index in [1.807, 2.05) is 0 Å². The molecular weight excluding hydrogens is 350 g/mol. The maximum Gasteiger partial charge on any atom is 0.251 e. The normalized spacial score (nSPS) is 24.0. The average Bonchev–Trinajstić information content (AvgIpc) is 3.30. The molecule has 0 radical (unpaired) electrons. The van der Waals surface area contributed by atoms with Crippen LogP contribution >= 0.6 is 12.4 Å². The van der Waals surface area contributed by atoms with Gasteiger partial charge in [0.05, 0.1) is 4.90 Å². The van der Waals surface area contributed by atoms with Crippen molar-refractivity contribution in [2.45, 2.75) is 55.6 Å². The molecule has 24 heavy (non-hydrogen) atoms. The lowest BCUT2D eigenvalue weighted by Crippen LogP contribution is -2.46. The summed E-state index contributed by atoms with van der Waals surface area (Å²) >= 11 is 0. The first-order valence-electron chi connectivity index (χ1n) is 8.11. The van der Waals surface area contributed by atoms with Gasteiger partial charge in [-0.1, -0.05) is 0 Å². The Morgan fingerprint density at radius 1 is 1.12 bits per heavy atom. The van der Waals surface area contributed by atoms with Crippen molar-refractivity contribution in [2.24, 2.45) is 0 Å². The standard InChI is InChI=1S/C16H23N3O3S.ClH/c1-11-10-14(8-9-17-11)18-16(20)12-2-6-15(7-3-12)23(21,22)19-13-4-5-13;/h2-3,6-7,11,13-14,17,19H,4-5,8-10H2,1H3,(H,18,20);1H. The number of rotatable bonds is 5. The number of nitrogens with one attached hydrogen (secondary N) is 3. The van der Waals surface area contributed by atoms with Crippen molar-refractivity contribution in [3.63, 3.8) is 0 Å². The first-order valence-corrected chi connectivity index (χ1v) is 9.59. The van der Waals surface area contributed by atoms with Crippen molar-refractivity contribution in [2.75, 3.05) is 6.54 Å². The minimum absolute atomic E-state index is 0. The molecule has 8 heteroatoms. The molecule has 1 aliphatic carbocycles. The Labute approximate surface area is 149 Å². The van der Waals surface area contributed by atoms with Gasteiger partial charge in [-0.3, -0.25) is 4.79 Å². The summed E-state index contributed by atoms with van der Waals surface area (Å²) in [5.41, 5.74) is 0.488. The maximum atomic E-state index is 12.3. The summed E-state index contributed by atoms with van der Waals surface area (Å²) in [6.07, 6.45) is 3.61. The predicted octanol–water partition coefficient (Wildman–Crippen LogP) is 1.42. The number of hydrogen-bond donors (Lipinski definition) is 3. The monoisotopic (exact) mass is 373 g/mol. The summed E-state index contributed by atoms with van der Waals surface area (Å²) < 4.78 is 26.8. The Kier molecular flexibility index (Phi) is 6.25. The highest BCUT2D eigenvalue weighted by Crippen LogP contribution is 2.22. The summed E-state index contributed by atoms with van der Waals surface area (Å²) in [4.78, 5) is 12.5. The minimum Gasteiger partial charge on any atom is -0.349 e. The second kappa shape index (κ2) is 7.82. The molecule has 1 aromatic rings. The zero-order valence-electron chi connectivity index (χ0n) is 13.6. The van der Waals surface area contributed by atoms with Crippen LogP contribution in [0.4, 0.5) is 0 Å². The van der Waals surface area contributed by atoms with Gasteiger partial charge in [0.2, 0.25) is 10.0 Å². The van der Waals surface area contributed by atoms with E-state index in [4.69, 9.17) is 0 Å². The van der Waals surface area contributed by atoms with Crippen molar-refractivity contribution in [3.8, 4) is 0 Å². The van der Waals surface area contributed by atoms with Crippen LogP contribution in [0.3, 0.4) is 0 Å². The molecule has 1 aromatic carbocycles. The molecule has 0 bridgehead atoms. The highest BCUT2D eigenvalue weighted by molar-refractivity contribution is 7.89. The molecular formula is C16H24ClN3O3S. The van der Waals surface area contributed by atoms with E-state index >= 15 is 0 Å². The summed E-state index contributed by atoms with van der Waals surface area (Å²) in [5.74, 6) is -0.150. The zero-order chi connectivity index (χ0) is 16.4. The Bertz CT molecular complexity index is 674. The van der Waals surface area contributed by atoms with Gasteiger partial charge in [0.1, 0.15) is 0 Å². The Morgan fingerprint density at radius 2 is 1.79 bits per heavy atom. The fraction of sp³-hybridized carbons (Fsp3) is 0.562. The van der Waals surface area contributed by atoms with Crippen molar-refractivity contribution >= 4 is 28.3 Å². The van der Waals surface area contributed by atoms with Crippen molar-refractivity contribution in [3.05, 3.63) is 29.8 Å². The van der Waals surface area contributed by atoms with Gasteiger partial charge >= 0.3 is 0 Å². The number of amides is 1. The average molecular weight is 374 g/mol. The van der Waals surface area contributed by atoms with Crippen LogP contribution in [-0.2, 0) is 10.0 Å². The van der Waals surface area contributed by atoms with Crippen LogP contribution in [0.1, 0.15) is 43.0 Å². The molecule has 3 N–H and O–H groups in total. The molecule has 3 rings (SSSR count). The Morgan fingerprint density at radius 3 is 2.38 bits per heavy atom. The lowest BCUT2D eigenvalue weighted by atomic mass is 10.0. The van der Waals surface area contributed by atoms with Crippen LogP contribution < -0.4 is 15.4 Å². The third-order valence-corrected chi connectivity index (χ3v) is 5.82. The Hall–Kier alpha value is -1.15. The van der Waals surface area contributed by atoms with E-state index in [1.165, 1.54) is 12.1 Å². The molecule has 0 aromatic heterocycles. The summed E-state index contributed by atoms with van der Waals surface area (Å²) in [6, 6.07) is 6.76. The van der Waals surface area contributed by atoms with E-state index in [-0.39, 0.29) is 35.3 Å². The van der Waals surface area contributed by atoms with E-state index in [0.29, 0.717) is 11.6 Å². The molecule has 2 unspecified atom stereocenters. The quantitative estimate of drug-likeness (QED) is 0.728. The van der Waals surface area contributed by atoms with Crippen LogP contribution in [0, 0.1) is 0 Å². The second-order valence-electron chi connectivity index (χ2n) is 6.47. The molecule has 2 aliphatic rings. The number of carbonyl (C=O) groups excluding carboxylic acids is 1. The van der Waals surface area contributed by atoms with Crippen LogP contribution in [0.15, 0.2) is 29.2 Å². The van der Waals surface area contributed by atoms with E-state index < -0.39 is 10.0 Å². The van der Waals surface area contributed by atoms with Gasteiger partial charge in [0.15, 0.2) is 0 Å². The number of hydrogen-bond acceptors (Lipinski definition) is 4. The third kappa shape index (κ3) is 4.92. The summed E-state index contributed by atoms with van der Waals surface area (Å²) in [7, 11) is -3.46. The maximum absolute atomic E-state index is 12.3. The van der Waals surface area contributed by atoms with E-state index in [0.717, 1.165) is 32.2 Å². The molecule has 6 nitrogen and oxygen atoms in total. The predicted molar refractivity (Wildman–Crippen MR) is 95.0 cm³/mol. The van der Waals surface area contributed by atoms with Crippen molar-refractivity contribution in [1.29, 1.82) is 0 Å². The Balaban J connectivity index is 0.00000208. The van der Waals surface area contributed by atoms with Gasteiger partial charge in [-0.05, 0) is 63.4 Å². The van der Waals surface area contributed by atoms with Crippen LogP contribution in [0.5, 0.6) is 0 Å². The summed E-state index contributed by atoms with van der Waals surface area (Å²) in [5, 5.41) is 6.37. The molecule has 2 fully saturated rings. The van der Waals surface area contributed by atoms with E-state index in [1.54, 1.807) is 12.1 Å². The lowest BCUT2D eigenvalue weighted by molar-refractivity contribution is 0.0925. The van der Waals surface area contributed by atoms with Gasteiger partial charge in [-0.2, -0.15) is 0 Å². The van der Waals surface area contributed by atoms with Crippen molar-refractivity contribution in [1.82, 2.24) is 15.4 Å². The first kappa shape index (κ1) is 19.2. The van der Waals surface area contributed by atoms with Crippen molar-refractivity contribution < 1.29 is 13.2 Å². The van der Waals surface area contributed by atoms with Crippen LogP contribution in [-0.4, -0.2) is 39.0 Å². The molecule has 2 atom stereocenters. The third-order valence-electron chi connectivity index (χ3n) is 4.28. The fourth-order valence-electron chi connectivity index (χ4n) is 2.81. The highest BCUT2D eigenvalue weighted by atomic mass is 35.5. The second-order valence-corrected chi connectivity index (χ2v) is 8.18. The molecule has 1 saturated carbocycles. The molecule has 134 valence electrons. The SMILES string of the molecule is CC1CC(NC(=O)c2ccc(S(=O)(=O)NC3CC3)cc2)CCN1.Cl. The van der Waals surface area contributed by atoms with E-state index in [9.17, 15) is 13.2 Å². The lowest BCUT2D eigenvalue weighted by Gasteiger charge is -2.28. The number of sulfonamides is 1. The van der Waals surface area contributed by atoms with Gasteiger partial charge < -0.3 is 10.6 Å². The van der Waals surface area contributed by atoms with Gasteiger partial charge in [0.25, 0.3) is 5.91 Å². The largest absolute Gasteiger partial charge is 0.349 e. The number of halogens is 1. The first-order chi connectivity index (χ1) is 10.9. The number of carbonyl (C=O) groups is 1. The van der Waals surface area contributed by atoms with Crippen LogP contribution in [0.2, 0.25) is 0 Å². The highest BCUT2D eigenvalue weighted by Gasteiger charge is 2.28. The molecule has 1 amide bonds. The number of piperidine rings is 1. The van der Waals surface area contributed by atoms with E-state index in [2.05, 4.69) is 22.3 Å². The number of benzene rings is 1. The topological polar surface area (TPSA) is 87.3 Å². The minimum atomic E-state index is -3.46. The molecule has 1 saturated heterocycles. The van der Waals surface area contributed by atoms with Gasteiger partial charge in [0, 0.05) is 23.7 Å². The smallest absolute Gasteiger partial charge is 0.251 e. The molecule has 1 heterocycles. The van der Waals surface area contributed by atoms with Gasteiger partial charge in [-0.15, -0.1) is 12.4 Å². The summed E-state index contributed by atoms with van der Waals surface area (Å²) in [6.45, 7) is 3.00. The molecule has 0 spiro atoms. The fourth-order valence-corrected chi connectivity index (χ4v) is 4.11.